The smallest absolute Gasteiger partial charge is 0.342 e. The Hall–Kier alpha value is -3.49. The van der Waals surface area contributed by atoms with Gasteiger partial charge in [0.2, 0.25) is 5.75 Å². The fourth-order valence-corrected chi connectivity index (χ4v) is 2.04. The molecule has 1 N–H and O–H groups in total. The average Bonchev–Trinajstić information content (AvgIpc) is 2.49. The molecule has 0 amide bonds. The highest BCUT2D eigenvalue weighted by Crippen LogP contribution is 2.38. The van der Waals surface area contributed by atoms with E-state index in [4.69, 9.17) is 9.84 Å². The number of carbonyl (C=O) groups is 1. The SMILES string of the molecule is Cc1ccc(C)c(Oc2cc(C(=O)O)c([N+](=O)[O-])cc2[N+](=O)[O-])c1. The third-order valence-corrected chi connectivity index (χ3v) is 3.26. The standard InChI is InChI=1S/C15H12N2O7/c1-8-3-4-9(2)13(5-8)24-14-6-10(15(18)19)11(16(20)21)7-12(14)17(22)23/h3-7H,1-2H3,(H,18,19). The number of aromatic carboxylic acids is 1. The molecule has 0 saturated carbocycles. The number of carboxylic acid groups (broad SMARTS) is 1. The van der Waals surface area contributed by atoms with E-state index in [1.807, 2.05) is 6.07 Å². The highest BCUT2D eigenvalue weighted by Gasteiger charge is 2.29. The van der Waals surface area contributed by atoms with Crippen molar-refractivity contribution in [3.8, 4) is 11.5 Å². The van der Waals surface area contributed by atoms with Gasteiger partial charge in [-0.1, -0.05) is 12.1 Å². The molecule has 9 heteroatoms. The quantitative estimate of drug-likeness (QED) is 0.653. The largest absolute Gasteiger partial charge is 0.477 e. The van der Waals surface area contributed by atoms with Gasteiger partial charge >= 0.3 is 11.7 Å². The van der Waals surface area contributed by atoms with Gasteiger partial charge in [0, 0.05) is 6.07 Å². The van der Waals surface area contributed by atoms with Gasteiger partial charge in [0.15, 0.2) is 0 Å². The summed E-state index contributed by atoms with van der Waals surface area (Å²) in [5, 5.41) is 31.2. The molecule has 0 aliphatic rings. The molecule has 0 aromatic heterocycles. The number of nitro groups is 2. The van der Waals surface area contributed by atoms with E-state index in [0.29, 0.717) is 17.4 Å². The van der Waals surface area contributed by atoms with Crippen LogP contribution in [0.2, 0.25) is 0 Å². The predicted octanol–water partition coefficient (Wildman–Crippen LogP) is 3.61. The molecule has 2 aromatic carbocycles. The Bertz CT molecular complexity index is 861. The summed E-state index contributed by atoms with van der Waals surface area (Å²) in [5.74, 6) is -1.66. The van der Waals surface area contributed by atoms with Crippen LogP contribution in [0.4, 0.5) is 11.4 Å². The van der Waals surface area contributed by atoms with Crippen LogP contribution in [0.5, 0.6) is 11.5 Å². The van der Waals surface area contributed by atoms with Crippen LogP contribution >= 0.6 is 0 Å². The third-order valence-electron chi connectivity index (χ3n) is 3.26. The van der Waals surface area contributed by atoms with Gasteiger partial charge in [-0.05, 0) is 31.0 Å². The van der Waals surface area contributed by atoms with Crippen molar-refractivity contribution in [3.05, 3.63) is 67.3 Å². The van der Waals surface area contributed by atoms with E-state index in [-0.39, 0.29) is 5.75 Å². The van der Waals surface area contributed by atoms with Gasteiger partial charge in [0.05, 0.1) is 15.9 Å². The molecule has 0 spiro atoms. The topological polar surface area (TPSA) is 133 Å². The lowest BCUT2D eigenvalue weighted by molar-refractivity contribution is -0.394. The second-order valence-electron chi connectivity index (χ2n) is 5.03. The summed E-state index contributed by atoms with van der Waals surface area (Å²) in [7, 11) is 0. The van der Waals surface area contributed by atoms with Crippen LogP contribution < -0.4 is 4.74 Å². The number of nitro benzene ring substituents is 2. The van der Waals surface area contributed by atoms with Crippen LogP contribution in [0.15, 0.2) is 30.3 Å². The average molecular weight is 332 g/mol. The Morgan fingerprint density at radius 2 is 1.62 bits per heavy atom. The molecule has 24 heavy (non-hydrogen) atoms. The van der Waals surface area contributed by atoms with Crippen molar-refractivity contribution in [2.24, 2.45) is 0 Å². The first kappa shape index (κ1) is 16.9. The zero-order valence-corrected chi connectivity index (χ0v) is 12.7. The van der Waals surface area contributed by atoms with Crippen molar-refractivity contribution < 1.29 is 24.5 Å². The van der Waals surface area contributed by atoms with Crippen molar-refractivity contribution in [2.75, 3.05) is 0 Å². The lowest BCUT2D eigenvalue weighted by atomic mass is 10.1. The summed E-state index contributed by atoms with van der Waals surface area (Å²) in [6, 6.07) is 6.56. The van der Waals surface area contributed by atoms with Crippen molar-refractivity contribution in [1.82, 2.24) is 0 Å². The zero-order chi connectivity index (χ0) is 18.0. The van der Waals surface area contributed by atoms with Crippen molar-refractivity contribution in [3.63, 3.8) is 0 Å². The number of hydrogen-bond donors (Lipinski definition) is 1. The van der Waals surface area contributed by atoms with Crippen LogP contribution in [0.3, 0.4) is 0 Å². The lowest BCUT2D eigenvalue weighted by Crippen LogP contribution is -2.05. The maximum Gasteiger partial charge on any atom is 0.342 e. The van der Waals surface area contributed by atoms with Gasteiger partial charge in [0.25, 0.3) is 5.69 Å². The molecule has 0 aliphatic carbocycles. The van der Waals surface area contributed by atoms with Gasteiger partial charge in [-0.15, -0.1) is 0 Å². The number of aryl methyl sites for hydroxylation is 2. The second kappa shape index (κ2) is 6.32. The Balaban J connectivity index is 2.65. The molecule has 0 atom stereocenters. The number of hydrogen-bond acceptors (Lipinski definition) is 6. The Kier molecular flexibility index (Phi) is 4.45. The maximum absolute atomic E-state index is 11.2. The van der Waals surface area contributed by atoms with Gasteiger partial charge in [0.1, 0.15) is 11.3 Å². The minimum absolute atomic E-state index is 0.295. The fraction of sp³-hybridized carbons (Fsp3) is 0.133. The van der Waals surface area contributed by atoms with Crippen molar-refractivity contribution in [2.45, 2.75) is 13.8 Å². The Morgan fingerprint density at radius 3 is 2.17 bits per heavy atom. The molecule has 2 rings (SSSR count). The van der Waals surface area contributed by atoms with Crippen LogP contribution in [0.25, 0.3) is 0 Å². The normalized spacial score (nSPS) is 10.2. The highest BCUT2D eigenvalue weighted by molar-refractivity contribution is 5.93. The molecular weight excluding hydrogens is 320 g/mol. The van der Waals surface area contributed by atoms with E-state index < -0.39 is 32.8 Å². The van der Waals surface area contributed by atoms with Gasteiger partial charge < -0.3 is 9.84 Å². The van der Waals surface area contributed by atoms with Crippen molar-refractivity contribution in [1.29, 1.82) is 0 Å². The molecule has 2 aromatic rings. The summed E-state index contributed by atoms with van der Waals surface area (Å²) < 4.78 is 5.48. The van der Waals surface area contributed by atoms with E-state index in [1.165, 1.54) is 0 Å². The zero-order valence-electron chi connectivity index (χ0n) is 12.7. The molecule has 0 fully saturated rings. The first-order chi connectivity index (χ1) is 11.2. The molecule has 0 bridgehead atoms. The first-order valence-electron chi connectivity index (χ1n) is 6.66. The monoisotopic (exact) mass is 332 g/mol. The van der Waals surface area contributed by atoms with Gasteiger partial charge in [-0.3, -0.25) is 20.2 Å². The predicted molar refractivity (Wildman–Crippen MR) is 82.7 cm³/mol. The second-order valence-corrected chi connectivity index (χ2v) is 5.03. The van der Waals surface area contributed by atoms with Crippen LogP contribution in [-0.2, 0) is 0 Å². The van der Waals surface area contributed by atoms with E-state index in [2.05, 4.69) is 0 Å². The summed E-state index contributed by atoms with van der Waals surface area (Å²) in [6.07, 6.45) is 0. The van der Waals surface area contributed by atoms with Crippen LogP contribution in [0.1, 0.15) is 21.5 Å². The molecular formula is C15H12N2O7. The molecule has 0 radical (unpaired) electrons. The molecule has 9 nitrogen and oxygen atoms in total. The molecule has 0 heterocycles. The summed E-state index contributed by atoms with van der Waals surface area (Å²) in [4.78, 5) is 31.5. The minimum Gasteiger partial charge on any atom is -0.477 e. The number of carboxylic acids is 1. The van der Waals surface area contributed by atoms with Crippen LogP contribution in [-0.4, -0.2) is 20.9 Å². The Labute approximate surface area is 135 Å². The first-order valence-corrected chi connectivity index (χ1v) is 6.66. The third kappa shape index (κ3) is 3.29. The summed E-state index contributed by atoms with van der Waals surface area (Å²) in [6.45, 7) is 3.50. The lowest BCUT2D eigenvalue weighted by Gasteiger charge is -2.10. The molecule has 0 unspecified atom stereocenters. The molecule has 124 valence electrons. The van der Waals surface area contributed by atoms with Crippen LogP contribution in [0, 0.1) is 34.1 Å². The Morgan fingerprint density at radius 1 is 1.00 bits per heavy atom. The number of benzene rings is 2. The van der Waals surface area contributed by atoms with E-state index >= 15 is 0 Å². The van der Waals surface area contributed by atoms with Gasteiger partial charge in [-0.2, -0.15) is 0 Å². The van der Waals surface area contributed by atoms with E-state index in [0.717, 1.165) is 11.6 Å². The van der Waals surface area contributed by atoms with E-state index in [9.17, 15) is 25.0 Å². The number of nitrogens with zero attached hydrogens (tertiary/aromatic N) is 2. The summed E-state index contributed by atoms with van der Waals surface area (Å²) in [5.41, 5.74) is -0.746. The minimum atomic E-state index is -1.58. The van der Waals surface area contributed by atoms with E-state index in [1.54, 1.807) is 26.0 Å². The maximum atomic E-state index is 11.2. The molecule has 0 aliphatic heterocycles. The van der Waals surface area contributed by atoms with Gasteiger partial charge in [-0.25, -0.2) is 4.79 Å². The van der Waals surface area contributed by atoms with Crippen molar-refractivity contribution >= 4 is 17.3 Å². The molecule has 0 saturated heterocycles. The highest BCUT2D eigenvalue weighted by atomic mass is 16.6. The summed E-state index contributed by atoms with van der Waals surface area (Å²) >= 11 is 0. The number of ether oxygens (including phenoxy) is 1. The number of rotatable bonds is 5. The fourth-order valence-electron chi connectivity index (χ4n) is 2.04.